The van der Waals surface area contributed by atoms with Crippen LogP contribution in [0.5, 0.6) is 0 Å². The zero-order valence-electron chi connectivity index (χ0n) is 11.2. The summed E-state index contributed by atoms with van der Waals surface area (Å²) < 4.78 is 0. The summed E-state index contributed by atoms with van der Waals surface area (Å²) >= 11 is 0. The Hall–Kier alpha value is -0.120. The normalized spacial score (nSPS) is 39.7. The summed E-state index contributed by atoms with van der Waals surface area (Å²) in [5.74, 6) is 0. The fraction of sp³-hybridized carbons (Fsp3) is 1.00. The topological polar surface area (TPSA) is 18.5 Å². The molecule has 3 aliphatic heterocycles. The largest absolute Gasteiger partial charge is 0.314 e. The van der Waals surface area contributed by atoms with Gasteiger partial charge in [0.2, 0.25) is 0 Å². The van der Waals surface area contributed by atoms with Gasteiger partial charge in [0.1, 0.15) is 0 Å². The van der Waals surface area contributed by atoms with Gasteiger partial charge >= 0.3 is 0 Å². The molecule has 98 valence electrons. The van der Waals surface area contributed by atoms with Crippen molar-refractivity contribution in [1.82, 2.24) is 15.1 Å². The van der Waals surface area contributed by atoms with Crippen molar-refractivity contribution in [3.63, 3.8) is 0 Å². The zero-order valence-corrected chi connectivity index (χ0v) is 11.2. The Balaban J connectivity index is 1.47. The van der Waals surface area contributed by atoms with E-state index in [0.29, 0.717) is 0 Å². The van der Waals surface area contributed by atoms with Crippen molar-refractivity contribution in [2.75, 3.05) is 33.2 Å². The van der Waals surface area contributed by atoms with Gasteiger partial charge in [-0.25, -0.2) is 0 Å². The molecular formula is C14H27N3. The lowest BCUT2D eigenvalue weighted by Crippen LogP contribution is -2.38. The van der Waals surface area contributed by atoms with Crippen LogP contribution in [0.3, 0.4) is 0 Å². The Bertz CT molecular complexity index is 250. The summed E-state index contributed by atoms with van der Waals surface area (Å²) in [4.78, 5) is 5.37. The molecule has 0 amide bonds. The van der Waals surface area contributed by atoms with E-state index < -0.39 is 0 Å². The van der Waals surface area contributed by atoms with Crippen molar-refractivity contribution < 1.29 is 0 Å². The van der Waals surface area contributed by atoms with Gasteiger partial charge in [-0.15, -0.1) is 0 Å². The summed E-state index contributed by atoms with van der Waals surface area (Å²) in [7, 11) is 2.34. The first-order valence-corrected chi connectivity index (χ1v) is 7.50. The maximum Gasteiger partial charge on any atom is 0.0223 e. The van der Waals surface area contributed by atoms with E-state index in [1.165, 1.54) is 64.7 Å². The van der Waals surface area contributed by atoms with Crippen LogP contribution in [0.2, 0.25) is 0 Å². The fourth-order valence-corrected chi connectivity index (χ4v) is 3.92. The molecule has 3 nitrogen and oxygen atoms in total. The third-order valence-corrected chi connectivity index (χ3v) is 5.19. The lowest BCUT2D eigenvalue weighted by molar-refractivity contribution is 0.214. The minimum Gasteiger partial charge on any atom is -0.314 e. The van der Waals surface area contributed by atoms with E-state index in [-0.39, 0.29) is 0 Å². The van der Waals surface area contributed by atoms with Crippen molar-refractivity contribution in [1.29, 1.82) is 0 Å². The second-order valence-corrected chi connectivity index (χ2v) is 6.22. The fourth-order valence-electron chi connectivity index (χ4n) is 3.92. The minimum atomic E-state index is 0.813. The molecule has 3 aliphatic rings. The van der Waals surface area contributed by atoms with Crippen molar-refractivity contribution >= 4 is 0 Å². The molecule has 17 heavy (non-hydrogen) atoms. The molecule has 0 aromatic rings. The van der Waals surface area contributed by atoms with Crippen LogP contribution in [-0.2, 0) is 0 Å². The first kappa shape index (κ1) is 11.9. The molecule has 3 unspecified atom stereocenters. The lowest BCUT2D eigenvalue weighted by atomic mass is 10.1. The van der Waals surface area contributed by atoms with Crippen molar-refractivity contribution in [2.24, 2.45) is 0 Å². The Labute approximate surface area is 106 Å². The number of rotatable bonds is 3. The highest BCUT2D eigenvalue weighted by atomic mass is 15.3. The molecule has 0 aromatic carbocycles. The predicted molar refractivity (Wildman–Crippen MR) is 71.3 cm³/mol. The molecule has 0 radical (unpaired) electrons. The van der Waals surface area contributed by atoms with Gasteiger partial charge in [-0.05, 0) is 65.2 Å². The quantitative estimate of drug-likeness (QED) is 0.798. The van der Waals surface area contributed by atoms with E-state index in [1.54, 1.807) is 0 Å². The summed E-state index contributed by atoms with van der Waals surface area (Å²) in [5.41, 5.74) is 0. The number of nitrogens with zero attached hydrogens (tertiary/aromatic N) is 2. The Morgan fingerprint density at radius 3 is 2.82 bits per heavy atom. The third-order valence-electron chi connectivity index (χ3n) is 5.19. The molecule has 3 saturated heterocycles. The van der Waals surface area contributed by atoms with Gasteiger partial charge in [0.15, 0.2) is 0 Å². The van der Waals surface area contributed by atoms with E-state index in [9.17, 15) is 0 Å². The zero-order chi connectivity index (χ0) is 11.7. The van der Waals surface area contributed by atoms with Gasteiger partial charge in [-0.2, -0.15) is 0 Å². The van der Waals surface area contributed by atoms with Crippen LogP contribution in [0.4, 0.5) is 0 Å². The molecule has 1 N–H and O–H groups in total. The highest BCUT2D eigenvalue weighted by molar-refractivity contribution is 4.91. The number of hydrogen-bond donors (Lipinski definition) is 1. The van der Waals surface area contributed by atoms with Crippen molar-refractivity contribution in [3.8, 4) is 0 Å². The number of nitrogens with one attached hydrogen (secondary N) is 1. The molecule has 0 saturated carbocycles. The van der Waals surface area contributed by atoms with Crippen LogP contribution in [0.1, 0.15) is 38.5 Å². The first-order chi connectivity index (χ1) is 8.33. The van der Waals surface area contributed by atoms with Crippen LogP contribution in [0, 0.1) is 0 Å². The molecular weight excluding hydrogens is 210 g/mol. The average Bonchev–Trinajstić information content (AvgIpc) is 2.88. The molecule has 0 aliphatic carbocycles. The van der Waals surface area contributed by atoms with Crippen molar-refractivity contribution in [2.45, 2.75) is 56.7 Å². The van der Waals surface area contributed by atoms with E-state index >= 15 is 0 Å². The lowest BCUT2D eigenvalue weighted by Gasteiger charge is -2.26. The standard InChI is InChI=1S/C14H27N3/c1-16-13-4-5-14(16)11-17(10-7-13)9-6-12-3-2-8-15-12/h12-15H,2-11H2,1H3. The van der Waals surface area contributed by atoms with Crippen LogP contribution in [0.15, 0.2) is 0 Å². The van der Waals surface area contributed by atoms with Crippen LogP contribution in [0.25, 0.3) is 0 Å². The van der Waals surface area contributed by atoms with Crippen LogP contribution >= 0.6 is 0 Å². The van der Waals surface area contributed by atoms with E-state index in [4.69, 9.17) is 0 Å². The Morgan fingerprint density at radius 1 is 1.12 bits per heavy atom. The molecule has 2 bridgehead atoms. The molecule has 3 heterocycles. The molecule has 3 heteroatoms. The minimum absolute atomic E-state index is 0.813. The highest BCUT2D eigenvalue weighted by Crippen LogP contribution is 2.28. The first-order valence-electron chi connectivity index (χ1n) is 7.50. The molecule has 3 fully saturated rings. The van der Waals surface area contributed by atoms with Gasteiger partial charge < -0.3 is 10.2 Å². The molecule has 3 rings (SSSR count). The Morgan fingerprint density at radius 2 is 2.00 bits per heavy atom. The van der Waals surface area contributed by atoms with Gasteiger partial charge in [0, 0.05) is 24.7 Å². The predicted octanol–water partition coefficient (Wildman–Crippen LogP) is 1.30. The molecule has 0 aromatic heterocycles. The maximum atomic E-state index is 3.62. The smallest absolute Gasteiger partial charge is 0.0223 e. The maximum absolute atomic E-state index is 3.62. The Kier molecular flexibility index (Phi) is 3.69. The van der Waals surface area contributed by atoms with E-state index in [0.717, 1.165) is 18.1 Å². The number of likely N-dealkylation sites (tertiary alicyclic amines) is 1. The summed E-state index contributed by atoms with van der Waals surface area (Å²) in [6, 6.07) is 2.54. The summed E-state index contributed by atoms with van der Waals surface area (Å²) in [6.07, 6.45) is 8.42. The second kappa shape index (κ2) is 5.25. The molecule has 3 atom stereocenters. The van der Waals surface area contributed by atoms with Crippen LogP contribution in [-0.4, -0.2) is 61.2 Å². The molecule has 0 spiro atoms. The second-order valence-electron chi connectivity index (χ2n) is 6.22. The number of fused-ring (bicyclic) bond motifs is 2. The van der Waals surface area contributed by atoms with Gasteiger partial charge in [0.05, 0.1) is 0 Å². The van der Waals surface area contributed by atoms with E-state index in [2.05, 4.69) is 22.2 Å². The third kappa shape index (κ3) is 2.67. The summed E-state index contributed by atoms with van der Waals surface area (Å²) in [6.45, 7) is 5.21. The van der Waals surface area contributed by atoms with E-state index in [1.807, 2.05) is 0 Å². The average molecular weight is 237 g/mol. The monoisotopic (exact) mass is 237 g/mol. The van der Waals surface area contributed by atoms with Crippen molar-refractivity contribution in [3.05, 3.63) is 0 Å². The number of likely N-dealkylation sites (N-methyl/N-ethyl adjacent to an activating group) is 1. The van der Waals surface area contributed by atoms with Gasteiger partial charge in [-0.3, -0.25) is 4.90 Å². The number of hydrogen-bond acceptors (Lipinski definition) is 3. The highest BCUT2D eigenvalue weighted by Gasteiger charge is 2.34. The van der Waals surface area contributed by atoms with Crippen LogP contribution < -0.4 is 5.32 Å². The van der Waals surface area contributed by atoms with Gasteiger partial charge in [0.25, 0.3) is 0 Å². The SMILES string of the molecule is CN1C2CCC1CN(CCC1CCCN1)CC2. The summed E-state index contributed by atoms with van der Waals surface area (Å²) in [5, 5.41) is 3.62. The van der Waals surface area contributed by atoms with Gasteiger partial charge in [-0.1, -0.05) is 0 Å².